The predicted octanol–water partition coefficient (Wildman–Crippen LogP) is 1.31. The first-order valence-corrected chi connectivity index (χ1v) is 6.85. The van der Waals surface area contributed by atoms with Crippen LogP contribution in [0.15, 0.2) is 30.3 Å². The topological polar surface area (TPSA) is 66.8 Å². The van der Waals surface area contributed by atoms with Gasteiger partial charge in [-0.15, -0.1) is 0 Å². The van der Waals surface area contributed by atoms with Crippen molar-refractivity contribution in [3.8, 4) is 0 Å². The molecule has 2 aliphatic rings. The van der Waals surface area contributed by atoms with E-state index in [4.69, 9.17) is 9.84 Å². The first kappa shape index (κ1) is 13.1. The normalized spacial score (nSPS) is 29.0. The number of carbonyl (C=O) groups excluding carboxylic acids is 1. The second kappa shape index (κ2) is 5.25. The summed E-state index contributed by atoms with van der Waals surface area (Å²) in [7, 11) is 0. The number of aliphatic carboxylic acids is 1. The van der Waals surface area contributed by atoms with Crippen molar-refractivity contribution in [1.29, 1.82) is 0 Å². The molecule has 20 heavy (non-hydrogen) atoms. The van der Waals surface area contributed by atoms with Crippen LogP contribution in [0.25, 0.3) is 0 Å². The quantitative estimate of drug-likeness (QED) is 0.903. The monoisotopic (exact) mass is 275 g/mol. The number of hydrogen-bond acceptors (Lipinski definition) is 3. The van der Waals surface area contributed by atoms with Crippen LogP contribution in [0.4, 0.5) is 0 Å². The van der Waals surface area contributed by atoms with Gasteiger partial charge in [0.1, 0.15) is 6.10 Å². The Bertz CT molecular complexity index is 516. The average molecular weight is 275 g/mol. The molecule has 1 heterocycles. The summed E-state index contributed by atoms with van der Waals surface area (Å²) < 4.78 is 5.71. The Morgan fingerprint density at radius 1 is 1.20 bits per heavy atom. The first-order chi connectivity index (χ1) is 9.66. The second-order valence-corrected chi connectivity index (χ2v) is 5.34. The minimum atomic E-state index is -0.865. The third kappa shape index (κ3) is 2.54. The fourth-order valence-electron chi connectivity index (χ4n) is 2.69. The van der Waals surface area contributed by atoms with Gasteiger partial charge in [-0.3, -0.25) is 9.59 Å². The van der Waals surface area contributed by atoms with E-state index in [1.807, 2.05) is 30.3 Å². The SMILES string of the molecule is O=C(O)[C@H]1C[C@H]1C(=O)N1CCOC(c2ccccc2)C1. The largest absolute Gasteiger partial charge is 0.481 e. The zero-order valence-corrected chi connectivity index (χ0v) is 11.1. The van der Waals surface area contributed by atoms with Crippen molar-refractivity contribution in [3.63, 3.8) is 0 Å². The summed E-state index contributed by atoms with van der Waals surface area (Å²) in [4.78, 5) is 24.9. The van der Waals surface area contributed by atoms with E-state index < -0.39 is 11.9 Å². The van der Waals surface area contributed by atoms with E-state index in [9.17, 15) is 9.59 Å². The molecule has 1 aromatic rings. The van der Waals surface area contributed by atoms with Crippen LogP contribution in [0.2, 0.25) is 0 Å². The smallest absolute Gasteiger partial charge is 0.307 e. The molecule has 1 aromatic carbocycles. The zero-order chi connectivity index (χ0) is 14.1. The molecule has 3 rings (SSSR count). The molecule has 1 aliphatic heterocycles. The second-order valence-electron chi connectivity index (χ2n) is 5.34. The van der Waals surface area contributed by atoms with Crippen LogP contribution < -0.4 is 0 Å². The molecule has 1 amide bonds. The van der Waals surface area contributed by atoms with Crippen LogP contribution in [0.3, 0.4) is 0 Å². The molecule has 106 valence electrons. The van der Waals surface area contributed by atoms with Gasteiger partial charge in [0.15, 0.2) is 0 Å². The number of carbonyl (C=O) groups is 2. The Labute approximate surface area is 117 Å². The summed E-state index contributed by atoms with van der Waals surface area (Å²) in [6, 6.07) is 9.80. The van der Waals surface area contributed by atoms with Gasteiger partial charge in [0.05, 0.1) is 25.0 Å². The summed E-state index contributed by atoms with van der Waals surface area (Å²) >= 11 is 0. The highest BCUT2D eigenvalue weighted by Gasteiger charge is 2.50. The molecule has 0 bridgehead atoms. The standard InChI is InChI=1S/C15H17NO4/c17-14(11-8-12(11)15(18)19)16-6-7-20-13(9-16)10-4-2-1-3-5-10/h1-5,11-13H,6-9H2,(H,18,19)/t11-,12+,13?/m1/s1. The molecule has 5 heteroatoms. The van der Waals surface area contributed by atoms with E-state index in [0.717, 1.165) is 5.56 Å². The van der Waals surface area contributed by atoms with Crippen molar-refractivity contribution >= 4 is 11.9 Å². The van der Waals surface area contributed by atoms with Crippen LogP contribution in [-0.2, 0) is 14.3 Å². The number of rotatable bonds is 3. The maximum absolute atomic E-state index is 12.3. The van der Waals surface area contributed by atoms with Crippen molar-refractivity contribution in [2.24, 2.45) is 11.8 Å². The molecule has 1 saturated heterocycles. The van der Waals surface area contributed by atoms with Gasteiger partial charge in [0, 0.05) is 6.54 Å². The fraction of sp³-hybridized carbons (Fsp3) is 0.467. The number of carboxylic acid groups (broad SMARTS) is 1. The van der Waals surface area contributed by atoms with Crippen molar-refractivity contribution in [3.05, 3.63) is 35.9 Å². The molecule has 3 atom stereocenters. The Kier molecular flexibility index (Phi) is 3.44. The summed E-state index contributed by atoms with van der Waals surface area (Å²) in [6.07, 6.45) is 0.359. The lowest BCUT2D eigenvalue weighted by atomic mass is 10.1. The van der Waals surface area contributed by atoms with Gasteiger partial charge in [-0.2, -0.15) is 0 Å². The molecule has 1 saturated carbocycles. The molecule has 1 N–H and O–H groups in total. The van der Waals surface area contributed by atoms with Gasteiger partial charge >= 0.3 is 5.97 Å². The summed E-state index contributed by atoms with van der Waals surface area (Å²) in [5.74, 6) is -1.72. The number of ether oxygens (including phenoxy) is 1. The van der Waals surface area contributed by atoms with Crippen molar-refractivity contribution < 1.29 is 19.4 Å². The maximum atomic E-state index is 12.3. The zero-order valence-electron chi connectivity index (χ0n) is 11.1. The van der Waals surface area contributed by atoms with E-state index >= 15 is 0 Å². The van der Waals surface area contributed by atoms with E-state index in [1.54, 1.807) is 4.90 Å². The molecular formula is C15H17NO4. The van der Waals surface area contributed by atoms with Gasteiger partial charge in [-0.1, -0.05) is 30.3 Å². The highest BCUT2D eigenvalue weighted by molar-refractivity contribution is 5.89. The maximum Gasteiger partial charge on any atom is 0.307 e. The molecule has 2 fully saturated rings. The minimum Gasteiger partial charge on any atom is -0.481 e. The van der Waals surface area contributed by atoms with Crippen LogP contribution in [0.5, 0.6) is 0 Å². The van der Waals surface area contributed by atoms with Gasteiger partial charge in [-0.05, 0) is 12.0 Å². The number of carboxylic acids is 1. The molecule has 1 aliphatic carbocycles. The lowest BCUT2D eigenvalue weighted by Crippen LogP contribution is -2.43. The molecule has 0 aromatic heterocycles. The predicted molar refractivity (Wildman–Crippen MR) is 70.9 cm³/mol. The highest BCUT2D eigenvalue weighted by atomic mass is 16.5. The van der Waals surface area contributed by atoms with Gasteiger partial charge < -0.3 is 14.7 Å². The van der Waals surface area contributed by atoms with Gasteiger partial charge in [0.2, 0.25) is 5.91 Å². The van der Waals surface area contributed by atoms with Crippen LogP contribution >= 0.6 is 0 Å². The van der Waals surface area contributed by atoms with Crippen molar-refractivity contribution in [1.82, 2.24) is 4.90 Å². The number of nitrogens with zero attached hydrogens (tertiary/aromatic N) is 1. The van der Waals surface area contributed by atoms with Crippen LogP contribution in [-0.4, -0.2) is 41.6 Å². The number of benzene rings is 1. The third-order valence-corrected chi connectivity index (χ3v) is 3.97. The fourth-order valence-corrected chi connectivity index (χ4v) is 2.69. The lowest BCUT2D eigenvalue weighted by Gasteiger charge is -2.33. The van der Waals surface area contributed by atoms with E-state index in [-0.39, 0.29) is 17.9 Å². The molecule has 1 unspecified atom stereocenters. The first-order valence-electron chi connectivity index (χ1n) is 6.85. The summed E-state index contributed by atoms with van der Waals surface area (Å²) in [5, 5.41) is 8.91. The van der Waals surface area contributed by atoms with Crippen molar-refractivity contribution in [2.75, 3.05) is 19.7 Å². The van der Waals surface area contributed by atoms with E-state index in [0.29, 0.717) is 26.1 Å². The molecular weight excluding hydrogens is 258 g/mol. The van der Waals surface area contributed by atoms with Gasteiger partial charge in [0.25, 0.3) is 0 Å². The number of morpholine rings is 1. The molecule has 0 radical (unpaired) electrons. The summed E-state index contributed by atoms with van der Waals surface area (Å²) in [6.45, 7) is 1.55. The van der Waals surface area contributed by atoms with E-state index in [1.165, 1.54) is 0 Å². The van der Waals surface area contributed by atoms with Crippen LogP contribution in [0, 0.1) is 11.8 Å². The summed E-state index contributed by atoms with van der Waals surface area (Å²) in [5.41, 5.74) is 1.05. The lowest BCUT2D eigenvalue weighted by molar-refractivity contribution is -0.145. The number of amides is 1. The van der Waals surface area contributed by atoms with Crippen LogP contribution in [0.1, 0.15) is 18.1 Å². The third-order valence-electron chi connectivity index (χ3n) is 3.97. The Balaban J connectivity index is 1.64. The minimum absolute atomic E-state index is 0.0402. The molecule has 5 nitrogen and oxygen atoms in total. The Morgan fingerprint density at radius 3 is 2.60 bits per heavy atom. The number of hydrogen-bond donors (Lipinski definition) is 1. The van der Waals surface area contributed by atoms with Gasteiger partial charge in [-0.25, -0.2) is 0 Å². The molecule has 0 spiro atoms. The Morgan fingerprint density at radius 2 is 1.95 bits per heavy atom. The Hall–Kier alpha value is -1.88. The highest BCUT2D eigenvalue weighted by Crippen LogP contribution is 2.40. The average Bonchev–Trinajstić information content (AvgIpc) is 3.28. The van der Waals surface area contributed by atoms with Crippen molar-refractivity contribution in [2.45, 2.75) is 12.5 Å². The van der Waals surface area contributed by atoms with E-state index in [2.05, 4.69) is 0 Å².